The maximum Gasteiger partial charge on any atom is 0.335 e. The highest BCUT2D eigenvalue weighted by Gasteiger charge is 2.12. The van der Waals surface area contributed by atoms with E-state index >= 15 is 0 Å². The second-order valence-corrected chi connectivity index (χ2v) is 4.82. The zero-order chi connectivity index (χ0) is 15.4. The Morgan fingerprint density at radius 2 is 2.10 bits per heavy atom. The van der Waals surface area contributed by atoms with Crippen LogP contribution in [0, 0.1) is 11.3 Å². The molecule has 0 aliphatic heterocycles. The molecule has 1 aromatic carbocycles. The fraction of sp³-hybridized carbons (Fsp3) is 0.188. The van der Waals surface area contributed by atoms with Crippen molar-refractivity contribution in [3.8, 4) is 17.7 Å². The van der Waals surface area contributed by atoms with Crippen molar-refractivity contribution < 1.29 is 14.6 Å². The van der Waals surface area contributed by atoms with E-state index in [1.165, 1.54) is 12.1 Å². The molecule has 5 nitrogen and oxygen atoms in total. The Balaban J connectivity index is 2.38. The molecule has 5 heteroatoms. The average Bonchev–Trinajstić information content (AvgIpc) is 2.47. The number of pyridine rings is 1. The Kier molecular flexibility index (Phi) is 4.19. The van der Waals surface area contributed by atoms with Gasteiger partial charge in [-0.15, -0.1) is 0 Å². The quantitative estimate of drug-likeness (QED) is 0.926. The number of carboxylic acid groups (broad SMARTS) is 1. The fourth-order valence-electron chi connectivity index (χ4n) is 1.75. The molecule has 0 atom stereocenters. The molecule has 21 heavy (non-hydrogen) atoms. The molecule has 1 aromatic heterocycles. The minimum absolute atomic E-state index is 0.0806. The maximum absolute atomic E-state index is 11.2. The first kappa shape index (κ1) is 14.5. The van der Waals surface area contributed by atoms with Crippen molar-refractivity contribution in [2.45, 2.75) is 19.8 Å². The summed E-state index contributed by atoms with van der Waals surface area (Å²) in [4.78, 5) is 15.5. The normalized spacial score (nSPS) is 10.2. The molecular weight excluding hydrogens is 268 g/mol. The van der Waals surface area contributed by atoms with Crippen LogP contribution in [-0.4, -0.2) is 16.1 Å². The highest BCUT2D eigenvalue weighted by Crippen LogP contribution is 2.24. The van der Waals surface area contributed by atoms with Gasteiger partial charge in [0.2, 0.25) is 5.88 Å². The predicted molar refractivity (Wildman–Crippen MR) is 76.5 cm³/mol. The van der Waals surface area contributed by atoms with Crippen LogP contribution >= 0.6 is 0 Å². The summed E-state index contributed by atoms with van der Waals surface area (Å²) in [5.74, 6) is -0.306. The third-order valence-electron chi connectivity index (χ3n) is 2.85. The molecule has 2 rings (SSSR count). The number of benzene rings is 1. The van der Waals surface area contributed by atoms with Crippen molar-refractivity contribution in [3.05, 3.63) is 53.2 Å². The molecule has 0 amide bonds. The van der Waals surface area contributed by atoms with Crippen molar-refractivity contribution in [2.75, 3.05) is 0 Å². The van der Waals surface area contributed by atoms with Crippen molar-refractivity contribution in [1.82, 2.24) is 4.98 Å². The first-order valence-electron chi connectivity index (χ1n) is 6.43. The van der Waals surface area contributed by atoms with E-state index in [2.05, 4.69) is 4.98 Å². The van der Waals surface area contributed by atoms with Crippen LogP contribution in [-0.2, 0) is 0 Å². The number of carbonyl (C=O) groups is 1. The number of rotatable bonds is 4. The third-order valence-corrected chi connectivity index (χ3v) is 2.85. The van der Waals surface area contributed by atoms with Crippen LogP contribution in [0.4, 0.5) is 0 Å². The van der Waals surface area contributed by atoms with Gasteiger partial charge in [0.15, 0.2) is 0 Å². The number of aromatic nitrogens is 1. The van der Waals surface area contributed by atoms with Gasteiger partial charge in [-0.2, -0.15) is 5.26 Å². The Morgan fingerprint density at radius 1 is 1.33 bits per heavy atom. The molecule has 0 saturated heterocycles. The van der Waals surface area contributed by atoms with Gasteiger partial charge in [-0.1, -0.05) is 19.9 Å². The molecule has 0 aliphatic carbocycles. The molecule has 0 bridgehead atoms. The zero-order valence-electron chi connectivity index (χ0n) is 11.7. The Bertz CT molecular complexity index is 718. The Labute approximate surface area is 122 Å². The van der Waals surface area contributed by atoms with Crippen LogP contribution in [0.15, 0.2) is 36.4 Å². The van der Waals surface area contributed by atoms with Gasteiger partial charge in [0, 0.05) is 11.8 Å². The van der Waals surface area contributed by atoms with Crippen molar-refractivity contribution in [1.29, 1.82) is 5.26 Å². The summed E-state index contributed by atoms with van der Waals surface area (Å²) < 4.78 is 5.58. The molecule has 0 saturated carbocycles. The number of nitrogens with zero attached hydrogens (tertiary/aromatic N) is 2. The lowest BCUT2D eigenvalue weighted by molar-refractivity contribution is 0.0696. The summed E-state index contributed by atoms with van der Waals surface area (Å²) in [5.41, 5.74) is 1.23. The molecule has 0 aliphatic rings. The second-order valence-electron chi connectivity index (χ2n) is 4.82. The van der Waals surface area contributed by atoms with E-state index in [4.69, 9.17) is 15.1 Å². The zero-order valence-corrected chi connectivity index (χ0v) is 11.7. The molecule has 0 unspecified atom stereocenters. The largest absolute Gasteiger partial charge is 0.478 e. The second kappa shape index (κ2) is 6.06. The van der Waals surface area contributed by atoms with Crippen molar-refractivity contribution >= 4 is 5.97 Å². The predicted octanol–water partition coefficient (Wildman–Crippen LogP) is 3.57. The van der Waals surface area contributed by atoms with Crippen molar-refractivity contribution in [2.24, 2.45) is 0 Å². The van der Waals surface area contributed by atoms with Gasteiger partial charge in [-0.05, 0) is 30.2 Å². The van der Waals surface area contributed by atoms with E-state index in [9.17, 15) is 4.79 Å². The van der Waals surface area contributed by atoms with Crippen LogP contribution in [0.25, 0.3) is 0 Å². The molecule has 1 N–H and O–H groups in total. The van der Waals surface area contributed by atoms with E-state index in [0.717, 1.165) is 0 Å². The van der Waals surface area contributed by atoms with Gasteiger partial charge >= 0.3 is 5.97 Å². The van der Waals surface area contributed by atoms with E-state index in [-0.39, 0.29) is 17.4 Å². The Morgan fingerprint density at radius 3 is 2.71 bits per heavy atom. The minimum atomic E-state index is -1.03. The maximum atomic E-state index is 11.2. The van der Waals surface area contributed by atoms with Gasteiger partial charge < -0.3 is 9.84 Å². The summed E-state index contributed by atoms with van der Waals surface area (Å²) in [5, 5.41) is 18.0. The van der Waals surface area contributed by atoms with Crippen molar-refractivity contribution in [3.63, 3.8) is 0 Å². The molecule has 2 aromatic rings. The topological polar surface area (TPSA) is 83.2 Å². The molecule has 0 spiro atoms. The van der Waals surface area contributed by atoms with Crippen LogP contribution in [0.2, 0.25) is 0 Å². The van der Waals surface area contributed by atoms with Gasteiger partial charge in [-0.3, -0.25) is 0 Å². The Hall–Kier alpha value is -2.87. The standard InChI is InChI=1S/C16H14N2O3/c1-10(2)14-7-12(16(19)20)8-15(18-14)21-13-5-3-4-11(6-13)9-17/h3-8,10H,1-2H3,(H,19,20). The highest BCUT2D eigenvalue weighted by molar-refractivity contribution is 5.88. The smallest absolute Gasteiger partial charge is 0.335 e. The molecular formula is C16H14N2O3. The van der Waals surface area contributed by atoms with E-state index in [1.807, 2.05) is 19.9 Å². The number of aromatic carboxylic acids is 1. The molecule has 106 valence electrons. The third kappa shape index (κ3) is 3.57. The fourth-order valence-corrected chi connectivity index (χ4v) is 1.75. The first-order chi connectivity index (χ1) is 9.99. The number of carboxylic acids is 1. The van der Waals surface area contributed by atoms with Crippen LogP contribution in [0.3, 0.4) is 0 Å². The highest BCUT2D eigenvalue weighted by atomic mass is 16.5. The SMILES string of the molecule is CC(C)c1cc(C(=O)O)cc(Oc2cccc(C#N)c2)n1. The van der Waals surface area contributed by atoms with Gasteiger partial charge in [0.05, 0.1) is 17.2 Å². The summed E-state index contributed by atoms with van der Waals surface area (Å²) in [6, 6.07) is 11.5. The molecule has 0 radical (unpaired) electrons. The van der Waals surface area contributed by atoms with E-state index in [1.54, 1.807) is 24.3 Å². The van der Waals surface area contributed by atoms with Gasteiger partial charge in [0.25, 0.3) is 0 Å². The number of hydrogen-bond acceptors (Lipinski definition) is 4. The van der Waals surface area contributed by atoms with E-state index in [0.29, 0.717) is 17.0 Å². The number of nitriles is 1. The lowest BCUT2D eigenvalue weighted by Gasteiger charge is -2.10. The summed E-state index contributed by atoms with van der Waals surface area (Å²) in [6.07, 6.45) is 0. The van der Waals surface area contributed by atoms with Crippen LogP contribution in [0.5, 0.6) is 11.6 Å². The average molecular weight is 282 g/mol. The molecule has 0 fully saturated rings. The summed E-state index contributed by atoms with van der Waals surface area (Å²) in [6.45, 7) is 3.85. The number of hydrogen-bond donors (Lipinski definition) is 1. The summed E-state index contributed by atoms with van der Waals surface area (Å²) >= 11 is 0. The van der Waals surface area contributed by atoms with Crippen LogP contribution < -0.4 is 4.74 Å². The van der Waals surface area contributed by atoms with Crippen LogP contribution in [0.1, 0.15) is 41.4 Å². The van der Waals surface area contributed by atoms with E-state index < -0.39 is 5.97 Å². The summed E-state index contributed by atoms with van der Waals surface area (Å²) in [7, 11) is 0. The van der Waals surface area contributed by atoms with Gasteiger partial charge in [0.1, 0.15) is 5.75 Å². The first-order valence-corrected chi connectivity index (χ1v) is 6.43. The monoisotopic (exact) mass is 282 g/mol. The lowest BCUT2D eigenvalue weighted by Crippen LogP contribution is -2.03. The number of ether oxygens (including phenoxy) is 1. The molecule has 1 heterocycles. The minimum Gasteiger partial charge on any atom is -0.478 e. The van der Waals surface area contributed by atoms with Gasteiger partial charge in [-0.25, -0.2) is 9.78 Å². The lowest BCUT2D eigenvalue weighted by atomic mass is 10.1.